The highest BCUT2D eigenvalue weighted by atomic mass is 32.1. The van der Waals surface area contributed by atoms with E-state index in [-0.39, 0.29) is 0 Å². The van der Waals surface area contributed by atoms with E-state index >= 15 is 0 Å². The van der Waals surface area contributed by atoms with Gasteiger partial charge in [-0.3, -0.25) is 0 Å². The minimum absolute atomic E-state index is 0.526. The molecular weight excluding hydrogens is 318 g/mol. The molecule has 0 bridgehead atoms. The highest BCUT2D eigenvalue weighted by Crippen LogP contribution is 2.18. The van der Waals surface area contributed by atoms with E-state index in [4.69, 9.17) is 16.6 Å². The Kier molecular flexibility index (Phi) is 8.06. The molecule has 1 N–H and O–H groups in total. The van der Waals surface area contributed by atoms with E-state index in [1.54, 1.807) is 0 Å². The maximum atomic E-state index is 5.75. The van der Waals surface area contributed by atoms with Crippen molar-refractivity contribution in [3.8, 4) is 0 Å². The highest BCUT2D eigenvalue weighted by Gasteiger charge is 2.17. The van der Waals surface area contributed by atoms with Gasteiger partial charge in [0.25, 0.3) is 0 Å². The number of nitrogens with zero attached hydrogens (tertiary/aromatic N) is 2. The Bertz CT molecular complexity index is 493. The van der Waals surface area contributed by atoms with E-state index < -0.39 is 0 Å². The molecule has 2 rings (SSSR count). The van der Waals surface area contributed by atoms with Gasteiger partial charge in [-0.1, -0.05) is 32.1 Å². The van der Waals surface area contributed by atoms with Gasteiger partial charge in [-0.05, 0) is 58.2 Å². The van der Waals surface area contributed by atoms with E-state index in [2.05, 4.69) is 35.3 Å². The number of hydrogen-bond donors (Lipinski definition) is 1. The smallest absolute Gasteiger partial charge is 0.169 e. The Morgan fingerprint density at radius 2 is 1.79 bits per heavy atom. The summed E-state index contributed by atoms with van der Waals surface area (Å²) in [7, 11) is 4.20. The van der Waals surface area contributed by atoms with Gasteiger partial charge < -0.3 is 19.5 Å². The molecule has 1 aliphatic carbocycles. The molecule has 1 aliphatic rings. The predicted molar refractivity (Wildman–Crippen MR) is 104 cm³/mol. The zero-order chi connectivity index (χ0) is 17.4. The van der Waals surface area contributed by atoms with E-state index in [1.165, 1.54) is 44.9 Å². The Morgan fingerprint density at radius 3 is 2.38 bits per heavy atom. The second kappa shape index (κ2) is 10.0. The molecule has 1 fully saturated rings. The third-order valence-corrected chi connectivity index (χ3v) is 5.06. The highest BCUT2D eigenvalue weighted by molar-refractivity contribution is 7.80. The van der Waals surface area contributed by atoms with Gasteiger partial charge in [-0.15, -0.1) is 0 Å². The predicted octanol–water partition coefficient (Wildman–Crippen LogP) is 3.94. The van der Waals surface area contributed by atoms with Crippen LogP contribution in [0.3, 0.4) is 0 Å². The lowest BCUT2D eigenvalue weighted by atomic mass is 9.97. The van der Waals surface area contributed by atoms with Crippen LogP contribution in [0.5, 0.6) is 0 Å². The van der Waals surface area contributed by atoms with Crippen molar-refractivity contribution in [2.24, 2.45) is 0 Å². The van der Waals surface area contributed by atoms with Crippen LogP contribution in [0.4, 0.5) is 0 Å². The SMILES string of the molecule is Cc1ccc(CN(CCN(C)C)C(=S)NC2CCCCCCC2)o1. The van der Waals surface area contributed by atoms with Gasteiger partial charge in [0, 0.05) is 19.1 Å². The first-order valence-corrected chi connectivity index (χ1v) is 9.71. The van der Waals surface area contributed by atoms with Crippen LogP contribution in [0.15, 0.2) is 16.5 Å². The summed E-state index contributed by atoms with van der Waals surface area (Å²) in [5.41, 5.74) is 0. The van der Waals surface area contributed by atoms with Crippen molar-refractivity contribution >= 4 is 17.3 Å². The van der Waals surface area contributed by atoms with Crippen LogP contribution < -0.4 is 5.32 Å². The van der Waals surface area contributed by atoms with Gasteiger partial charge in [0.2, 0.25) is 0 Å². The topological polar surface area (TPSA) is 31.6 Å². The Hall–Kier alpha value is -1.07. The average Bonchev–Trinajstić information content (AvgIpc) is 2.91. The summed E-state index contributed by atoms with van der Waals surface area (Å²) in [6, 6.07) is 4.60. The normalized spacial score (nSPS) is 16.7. The second-order valence-corrected chi connectivity index (χ2v) is 7.62. The standard InChI is InChI=1S/C19H33N3OS/c1-16-11-12-18(23-16)15-22(14-13-21(2)3)19(24)20-17-9-7-5-4-6-8-10-17/h11-12,17H,4-10,13-15H2,1-3H3,(H,20,24). The number of rotatable bonds is 6. The van der Waals surface area contributed by atoms with Crippen LogP contribution in [0.2, 0.25) is 0 Å². The van der Waals surface area contributed by atoms with Gasteiger partial charge in [-0.2, -0.15) is 0 Å². The number of aryl methyl sites for hydroxylation is 1. The van der Waals surface area contributed by atoms with Gasteiger partial charge in [-0.25, -0.2) is 0 Å². The van der Waals surface area contributed by atoms with Gasteiger partial charge in [0.15, 0.2) is 5.11 Å². The molecule has 0 unspecified atom stereocenters. The molecule has 0 radical (unpaired) electrons. The number of likely N-dealkylation sites (N-methyl/N-ethyl adjacent to an activating group) is 1. The van der Waals surface area contributed by atoms with Crippen LogP contribution in [-0.2, 0) is 6.54 Å². The van der Waals surface area contributed by atoms with Crippen LogP contribution in [-0.4, -0.2) is 48.1 Å². The lowest BCUT2D eigenvalue weighted by Gasteiger charge is -2.30. The number of hydrogen-bond acceptors (Lipinski definition) is 3. The zero-order valence-corrected chi connectivity index (χ0v) is 16.3. The first-order chi connectivity index (χ1) is 11.5. The summed E-state index contributed by atoms with van der Waals surface area (Å²) in [5, 5.41) is 4.51. The van der Waals surface area contributed by atoms with Crippen LogP contribution in [0.1, 0.15) is 56.5 Å². The molecule has 1 saturated carbocycles. The van der Waals surface area contributed by atoms with Crippen molar-refractivity contribution in [3.63, 3.8) is 0 Å². The molecular formula is C19H33N3OS. The van der Waals surface area contributed by atoms with Crippen molar-refractivity contribution in [3.05, 3.63) is 23.7 Å². The molecule has 0 spiro atoms. The molecule has 0 saturated heterocycles. The first-order valence-electron chi connectivity index (χ1n) is 9.30. The maximum absolute atomic E-state index is 5.75. The summed E-state index contributed by atoms with van der Waals surface area (Å²) >= 11 is 5.75. The minimum atomic E-state index is 0.526. The zero-order valence-electron chi connectivity index (χ0n) is 15.5. The second-order valence-electron chi connectivity index (χ2n) is 7.23. The molecule has 0 atom stereocenters. The van der Waals surface area contributed by atoms with Gasteiger partial charge in [0.1, 0.15) is 11.5 Å². The third kappa shape index (κ3) is 6.81. The summed E-state index contributed by atoms with van der Waals surface area (Å²) in [5.74, 6) is 1.93. The lowest BCUT2D eigenvalue weighted by molar-refractivity contribution is 0.297. The molecule has 136 valence electrons. The molecule has 0 aliphatic heterocycles. The van der Waals surface area contributed by atoms with Crippen molar-refractivity contribution in [1.82, 2.24) is 15.1 Å². The summed E-state index contributed by atoms with van der Waals surface area (Å²) in [4.78, 5) is 4.44. The van der Waals surface area contributed by atoms with E-state index in [1.807, 2.05) is 13.0 Å². The van der Waals surface area contributed by atoms with Crippen molar-refractivity contribution < 1.29 is 4.42 Å². The van der Waals surface area contributed by atoms with Crippen LogP contribution >= 0.6 is 12.2 Å². The number of furan rings is 1. The van der Waals surface area contributed by atoms with E-state index in [0.717, 1.165) is 36.3 Å². The van der Waals surface area contributed by atoms with Crippen LogP contribution in [0.25, 0.3) is 0 Å². The van der Waals surface area contributed by atoms with Crippen molar-refractivity contribution in [2.75, 3.05) is 27.2 Å². The van der Waals surface area contributed by atoms with Crippen LogP contribution in [0, 0.1) is 6.92 Å². The van der Waals surface area contributed by atoms with E-state index in [0.29, 0.717) is 6.04 Å². The average molecular weight is 352 g/mol. The monoisotopic (exact) mass is 351 g/mol. The van der Waals surface area contributed by atoms with Gasteiger partial charge in [0.05, 0.1) is 6.54 Å². The Morgan fingerprint density at radius 1 is 1.12 bits per heavy atom. The Balaban J connectivity index is 1.94. The molecule has 1 aromatic heterocycles. The van der Waals surface area contributed by atoms with Crippen molar-refractivity contribution in [1.29, 1.82) is 0 Å². The largest absolute Gasteiger partial charge is 0.464 e. The number of nitrogens with one attached hydrogen (secondary N) is 1. The third-order valence-electron chi connectivity index (χ3n) is 4.68. The number of thiocarbonyl (C=S) groups is 1. The summed E-state index contributed by atoms with van der Waals surface area (Å²) in [6.07, 6.45) is 9.22. The van der Waals surface area contributed by atoms with Gasteiger partial charge >= 0.3 is 0 Å². The van der Waals surface area contributed by atoms with Crippen molar-refractivity contribution in [2.45, 2.75) is 64.5 Å². The fourth-order valence-corrected chi connectivity index (χ4v) is 3.52. The minimum Gasteiger partial charge on any atom is -0.464 e. The molecule has 24 heavy (non-hydrogen) atoms. The molecule has 4 nitrogen and oxygen atoms in total. The fourth-order valence-electron chi connectivity index (χ4n) is 3.20. The fraction of sp³-hybridized carbons (Fsp3) is 0.737. The molecule has 5 heteroatoms. The lowest BCUT2D eigenvalue weighted by Crippen LogP contribution is -2.46. The molecule has 1 heterocycles. The first kappa shape index (κ1) is 19.3. The maximum Gasteiger partial charge on any atom is 0.169 e. The van der Waals surface area contributed by atoms with E-state index in [9.17, 15) is 0 Å². The quantitative estimate of drug-likeness (QED) is 0.785. The molecule has 0 aromatic carbocycles. The summed E-state index contributed by atoms with van der Waals surface area (Å²) in [6.45, 7) is 4.61. The molecule has 1 aromatic rings. The molecule has 0 amide bonds. The summed E-state index contributed by atoms with van der Waals surface area (Å²) < 4.78 is 5.75. The Labute approximate surface area is 152 Å².